The summed E-state index contributed by atoms with van der Waals surface area (Å²) in [5.74, 6) is 1.30. The molecule has 148 valence electrons. The standard InChI is InChI=1S/C24H36N2S/c1-6-14-25-22(27)26-16-23(4)12-7-13-24(5)20-10-8-18(17(2)3)15-19(20)9-11-21(23)24/h6,8,10,15,17,21H,1,7,9,11-14,16H2,2-5H3,(H2,25,26,27)/t21-,23-,24+/m0/s1. The van der Waals surface area contributed by atoms with Crippen molar-refractivity contribution in [1.29, 1.82) is 0 Å². The maximum atomic E-state index is 5.44. The summed E-state index contributed by atoms with van der Waals surface area (Å²) < 4.78 is 0. The topological polar surface area (TPSA) is 24.1 Å². The first kappa shape index (κ1) is 20.4. The third-order valence-corrected chi connectivity index (χ3v) is 7.52. The van der Waals surface area contributed by atoms with Crippen molar-refractivity contribution in [3.8, 4) is 0 Å². The summed E-state index contributed by atoms with van der Waals surface area (Å²) in [5.41, 5.74) is 5.26. The summed E-state index contributed by atoms with van der Waals surface area (Å²) in [6, 6.07) is 7.31. The highest BCUT2D eigenvalue weighted by Gasteiger charge is 2.51. The number of rotatable bonds is 5. The molecule has 27 heavy (non-hydrogen) atoms. The second-order valence-electron chi connectivity index (χ2n) is 9.44. The molecule has 0 unspecified atom stereocenters. The van der Waals surface area contributed by atoms with E-state index in [-0.39, 0.29) is 10.8 Å². The molecular weight excluding hydrogens is 348 g/mol. The van der Waals surface area contributed by atoms with Gasteiger partial charge in [0.25, 0.3) is 0 Å². The Hall–Kier alpha value is -1.35. The lowest BCUT2D eigenvalue weighted by Gasteiger charge is -2.55. The van der Waals surface area contributed by atoms with E-state index in [4.69, 9.17) is 12.2 Å². The summed E-state index contributed by atoms with van der Waals surface area (Å²) in [4.78, 5) is 0. The predicted octanol–water partition coefficient (Wildman–Crippen LogP) is 5.47. The Morgan fingerprint density at radius 2 is 2.07 bits per heavy atom. The number of thiocarbonyl (C=S) groups is 1. The minimum absolute atomic E-state index is 0.279. The fraction of sp³-hybridized carbons (Fsp3) is 0.625. The molecule has 2 N–H and O–H groups in total. The van der Waals surface area contributed by atoms with Crippen molar-refractivity contribution in [2.75, 3.05) is 13.1 Å². The van der Waals surface area contributed by atoms with E-state index in [0.29, 0.717) is 11.8 Å². The number of aryl methyl sites for hydroxylation is 1. The van der Waals surface area contributed by atoms with Crippen LogP contribution in [0.25, 0.3) is 0 Å². The van der Waals surface area contributed by atoms with E-state index in [0.717, 1.165) is 18.2 Å². The lowest BCUT2D eigenvalue weighted by Crippen LogP contribution is -2.54. The minimum atomic E-state index is 0.279. The summed E-state index contributed by atoms with van der Waals surface area (Å²) in [6.07, 6.45) is 8.23. The van der Waals surface area contributed by atoms with Crippen molar-refractivity contribution in [1.82, 2.24) is 10.6 Å². The maximum Gasteiger partial charge on any atom is 0.166 e. The Balaban J connectivity index is 1.82. The molecule has 3 rings (SSSR count). The molecule has 2 nitrogen and oxygen atoms in total. The number of nitrogens with one attached hydrogen (secondary N) is 2. The second-order valence-corrected chi connectivity index (χ2v) is 9.85. The molecule has 0 bridgehead atoms. The van der Waals surface area contributed by atoms with E-state index in [1.165, 1.54) is 37.7 Å². The Morgan fingerprint density at radius 1 is 1.30 bits per heavy atom. The SMILES string of the molecule is C=CCNC(=S)NC[C@]1(C)CCC[C@]2(C)c3ccc(C(C)C)cc3CC[C@@H]12. The van der Waals surface area contributed by atoms with Crippen LogP contribution in [-0.2, 0) is 11.8 Å². The first-order chi connectivity index (χ1) is 12.8. The van der Waals surface area contributed by atoms with Gasteiger partial charge < -0.3 is 10.6 Å². The van der Waals surface area contributed by atoms with E-state index < -0.39 is 0 Å². The molecule has 3 heteroatoms. The van der Waals surface area contributed by atoms with Gasteiger partial charge in [0.2, 0.25) is 0 Å². The zero-order chi connectivity index (χ0) is 19.7. The van der Waals surface area contributed by atoms with Crippen LogP contribution in [0.15, 0.2) is 30.9 Å². The fourth-order valence-electron chi connectivity index (χ4n) is 5.72. The number of fused-ring (bicyclic) bond motifs is 3. The van der Waals surface area contributed by atoms with Crippen LogP contribution in [0.1, 0.15) is 76.0 Å². The molecular formula is C24H36N2S. The van der Waals surface area contributed by atoms with Crippen LogP contribution in [0, 0.1) is 11.3 Å². The number of benzene rings is 1. The van der Waals surface area contributed by atoms with Crippen LogP contribution in [-0.4, -0.2) is 18.2 Å². The monoisotopic (exact) mass is 384 g/mol. The molecule has 0 amide bonds. The van der Waals surface area contributed by atoms with Crippen LogP contribution in [0.3, 0.4) is 0 Å². The summed E-state index contributed by atoms with van der Waals surface area (Å²) in [5, 5.41) is 7.45. The lowest BCUT2D eigenvalue weighted by molar-refractivity contribution is 0.0292. The number of hydrogen-bond acceptors (Lipinski definition) is 1. The maximum absolute atomic E-state index is 5.44. The van der Waals surface area contributed by atoms with Gasteiger partial charge in [0, 0.05) is 13.1 Å². The molecule has 0 heterocycles. The van der Waals surface area contributed by atoms with Gasteiger partial charge in [-0.1, -0.05) is 58.4 Å². The first-order valence-electron chi connectivity index (χ1n) is 10.6. The van der Waals surface area contributed by atoms with Crippen molar-refractivity contribution >= 4 is 17.3 Å². The van der Waals surface area contributed by atoms with E-state index in [1.807, 2.05) is 6.08 Å². The van der Waals surface area contributed by atoms with Gasteiger partial charge in [-0.15, -0.1) is 6.58 Å². The molecule has 0 radical (unpaired) electrons. The van der Waals surface area contributed by atoms with Gasteiger partial charge in [0.1, 0.15) is 0 Å². The molecule has 0 aliphatic heterocycles. The smallest absolute Gasteiger partial charge is 0.166 e. The highest BCUT2D eigenvalue weighted by Crippen LogP contribution is 2.57. The third kappa shape index (κ3) is 3.94. The molecule has 1 aromatic carbocycles. The van der Waals surface area contributed by atoms with Crippen LogP contribution < -0.4 is 10.6 Å². The Kier molecular flexibility index (Phi) is 6.00. The van der Waals surface area contributed by atoms with Gasteiger partial charge in [0.05, 0.1) is 0 Å². The summed E-state index contributed by atoms with van der Waals surface area (Å²) in [7, 11) is 0. The third-order valence-electron chi connectivity index (χ3n) is 7.23. The predicted molar refractivity (Wildman–Crippen MR) is 120 cm³/mol. The molecule has 1 aromatic rings. The Labute approximate surface area is 171 Å². The zero-order valence-corrected chi connectivity index (χ0v) is 18.3. The van der Waals surface area contributed by atoms with Crippen LogP contribution >= 0.6 is 12.2 Å². The van der Waals surface area contributed by atoms with Gasteiger partial charge in [-0.3, -0.25) is 0 Å². The first-order valence-corrected chi connectivity index (χ1v) is 11.0. The van der Waals surface area contributed by atoms with E-state index in [1.54, 1.807) is 11.1 Å². The van der Waals surface area contributed by atoms with Crippen molar-refractivity contribution in [3.63, 3.8) is 0 Å². The highest BCUT2D eigenvalue weighted by atomic mass is 32.1. The van der Waals surface area contributed by atoms with Gasteiger partial charge in [-0.2, -0.15) is 0 Å². The normalized spacial score (nSPS) is 29.6. The molecule has 2 aliphatic rings. The molecule has 2 aliphatic carbocycles. The quantitative estimate of drug-likeness (QED) is 0.520. The van der Waals surface area contributed by atoms with E-state index in [9.17, 15) is 0 Å². The molecule has 0 spiro atoms. The van der Waals surface area contributed by atoms with Crippen molar-refractivity contribution in [2.24, 2.45) is 11.3 Å². The minimum Gasteiger partial charge on any atom is -0.362 e. The molecule has 1 fully saturated rings. The zero-order valence-electron chi connectivity index (χ0n) is 17.5. The molecule has 0 saturated heterocycles. The van der Waals surface area contributed by atoms with Crippen molar-refractivity contribution < 1.29 is 0 Å². The molecule has 0 aromatic heterocycles. The molecule has 3 atom stereocenters. The van der Waals surface area contributed by atoms with E-state index >= 15 is 0 Å². The van der Waals surface area contributed by atoms with Crippen molar-refractivity contribution in [2.45, 2.75) is 71.1 Å². The van der Waals surface area contributed by atoms with Crippen LogP contribution in [0.4, 0.5) is 0 Å². The van der Waals surface area contributed by atoms with Gasteiger partial charge in [0.15, 0.2) is 5.11 Å². The number of hydrogen-bond donors (Lipinski definition) is 2. The Morgan fingerprint density at radius 3 is 2.78 bits per heavy atom. The largest absolute Gasteiger partial charge is 0.362 e. The molecule has 1 saturated carbocycles. The Bertz CT molecular complexity index is 710. The highest BCUT2D eigenvalue weighted by molar-refractivity contribution is 7.80. The van der Waals surface area contributed by atoms with E-state index in [2.05, 4.69) is 63.1 Å². The van der Waals surface area contributed by atoms with Crippen molar-refractivity contribution in [3.05, 3.63) is 47.5 Å². The van der Waals surface area contributed by atoms with Crippen LogP contribution in [0.2, 0.25) is 0 Å². The van der Waals surface area contributed by atoms with Crippen LogP contribution in [0.5, 0.6) is 0 Å². The van der Waals surface area contributed by atoms with Gasteiger partial charge >= 0.3 is 0 Å². The lowest BCUT2D eigenvalue weighted by atomic mass is 9.49. The summed E-state index contributed by atoms with van der Waals surface area (Å²) >= 11 is 5.44. The van der Waals surface area contributed by atoms with Gasteiger partial charge in [-0.25, -0.2) is 0 Å². The fourth-order valence-corrected chi connectivity index (χ4v) is 5.88. The summed E-state index contributed by atoms with van der Waals surface area (Å²) in [6.45, 7) is 15.0. The second kappa shape index (κ2) is 7.95. The average molecular weight is 385 g/mol. The van der Waals surface area contributed by atoms with Gasteiger partial charge in [-0.05, 0) is 77.3 Å². The average Bonchev–Trinajstić information content (AvgIpc) is 2.64.